The van der Waals surface area contributed by atoms with Crippen molar-refractivity contribution in [3.8, 4) is 0 Å². The smallest absolute Gasteiger partial charge is 0.167 e. The lowest BCUT2D eigenvalue weighted by atomic mass is 10.2. The van der Waals surface area contributed by atoms with Crippen molar-refractivity contribution < 1.29 is 14.6 Å². The average molecular weight is 344 g/mol. The van der Waals surface area contributed by atoms with E-state index in [1.54, 1.807) is 10.9 Å². The van der Waals surface area contributed by atoms with Crippen LogP contribution in [0.1, 0.15) is 12.6 Å². The monoisotopic (exact) mass is 343 g/mol. The number of aromatic nitrogens is 4. The second-order valence-electron chi connectivity index (χ2n) is 4.44. The average Bonchev–Trinajstić information content (AvgIpc) is 3.03. The van der Waals surface area contributed by atoms with Gasteiger partial charge >= 0.3 is 0 Å². The molecule has 0 saturated carbocycles. The number of nitrogens with zero attached hydrogens (tertiary/aromatic N) is 4. The fraction of sp³-hybridized carbons (Fsp3) is 0.545. The fourth-order valence-corrected chi connectivity index (χ4v) is 2.71. The van der Waals surface area contributed by atoms with E-state index in [9.17, 15) is 5.11 Å². The number of halogens is 1. The Kier molecular flexibility index (Phi) is 3.83. The molecule has 2 aromatic heterocycles. The molecule has 0 bridgehead atoms. The molecule has 1 saturated heterocycles. The molecule has 20 heavy (non-hydrogen) atoms. The summed E-state index contributed by atoms with van der Waals surface area (Å²) >= 11 is 3.22. The van der Waals surface area contributed by atoms with Gasteiger partial charge in [-0.2, -0.15) is 0 Å². The third-order valence-electron chi connectivity index (χ3n) is 3.33. The van der Waals surface area contributed by atoms with Crippen molar-refractivity contribution in [2.75, 3.05) is 17.9 Å². The van der Waals surface area contributed by atoms with Gasteiger partial charge in [0.25, 0.3) is 0 Å². The van der Waals surface area contributed by atoms with Crippen LogP contribution in [0.3, 0.4) is 0 Å². The first kappa shape index (κ1) is 13.7. The number of alkyl halides is 1. The van der Waals surface area contributed by atoms with E-state index < -0.39 is 0 Å². The number of hydrogen-bond acceptors (Lipinski definition) is 7. The highest BCUT2D eigenvalue weighted by atomic mass is 79.9. The number of hydrogen-bond donors (Lipinski definition) is 2. The van der Waals surface area contributed by atoms with Crippen molar-refractivity contribution in [1.29, 1.82) is 0 Å². The SMILES string of the molecule is Nc1ncnc2c1ncn2[C@H]1C[C@H](OCBr)[C@@H](CO)O1. The van der Waals surface area contributed by atoms with Crippen LogP contribution in [0.5, 0.6) is 0 Å². The molecular weight excluding hydrogens is 330 g/mol. The van der Waals surface area contributed by atoms with Gasteiger partial charge in [-0.1, -0.05) is 15.9 Å². The summed E-state index contributed by atoms with van der Waals surface area (Å²) in [5.74, 6) is 0.332. The van der Waals surface area contributed by atoms with Crippen LogP contribution in [0.25, 0.3) is 11.2 Å². The second-order valence-corrected chi connectivity index (χ2v) is 4.90. The van der Waals surface area contributed by atoms with Gasteiger partial charge in [0, 0.05) is 6.42 Å². The molecule has 3 N–H and O–H groups in total. The Labute approximate surface area is 123 Å². The number of ether oxygens (including phenoxy) is 2. The minimum atomic E-state index is -0.366. The Hall–Kier alpha value is -1.29. The molecule has 8 nitrogen and oxygen atoms in total. The molecule has 1 aliphatic rings. The molecule has 1 aliphatic heterocycles. The van der Waals surface area contributed by atoms with E-state index in [1.165, 1.54) is 6.33 Å². The molecule has 0 amide bonds. The van der Waals surface area contributed by atoms with Crippen molar-refractivity contribution in [2.24, 2.45) is 0 Å². The quantitative estimate of drug-likeness (QED) is 0.774. The van der Waals surface area contributed by atoms with Gasteiger partial charge in [0.1, 0.15) is 29.7 Å². The maximum atomic E-state index is 9.34. The Morgan fingerprint density at radius 3 is 3.10 bits per heavy atom. The summed E-state index contributed by atoms with van der Waals surface area (Å²) in [6, 6.07) is 0. The largest absolute Gasteiger partial charge is 0.394 e. The highest BCUT2D eigenvalue weighted by Gasteiger charge is 2.37. The summed E-state index contributed by atoms with van der Waals surface area (Å²) in [5.41, 5.74) is 7.30. The number of anilines is 1. The van der Waals surface area contributed by atoms with Crippen LogP contribution in [-0.2, 0) is 9.47 Å². The number of rotatable bonds is 4. The van der Waals surface area contributed by atoms with Crippen LogP contribution >= 0.6 is 15.9 Å². The minimum absolute atomic E-state index is 0.0993. The molecule has 0 radical (unpaired) electrons. The lowest BCUT2D eigenvalue weighted by Crippen LogP contribution is -2.27. The Morgan fingerprint density at radius 2 is 2.35 bits per heavy atom. The van der Waals surface area contributed by atoms with Crippen LogP contribution in [0.15, 0.2) is 12.7 Å². The topological polar surface area (TPSA) is 108 Å². The predicted octanol–water partition coefficient (Wildman–Crippen LogP) is 0.426. The first-order valence-corrected chi connectivity index (χ1v) is 7.23. The first-order valence-electron chi connectivity index (χ1n) is 6.11. The number of fused-ring (bicyclic) bond motifs is 1. The normalized spacial score (nSPS) is 26.4. The summed E-state index contributed by atoms with van der Waals surface area (Å²) in [4.78, 5) is 12.3. The molecule has 3 atom stereocenters. The first-order chi connectivity index (χ1) is 9.74. The van der Waals surface area contributed by atoms with Crippen molar-refractivity contribution >= 4 is 32.9 Å². The van der Waals surface area contributed by atoms with Crippen molar-refractivity contribution in [1.82, 2.24) is 19.5 Å². The van der Waals surface area contributed by atoms with E-state index in [0.29, 0.717) is 28.9 Å². The van der Waals surface area contributed by atoms with Gasteiger partial charge in [0.2, 0.25) is 0 Å². The van der Waals surface area contributed by atoms with E-state index in [1.807, 2.05) is 0 Å². The van der Waals surface area contributed by atoms with Gasteiger partial charge in [-0.25, -0.2) is 15.0 Å². The summed E-state index contributed by atoms with van der Waals surface area (Å²) in [6.45, 7) is -0.0993. The van der Waals surface area contributed by atoms with Crippen LogP contribution in [0.4, 0.5) is 5.82 Å². The molecule has 1 fully saturated rings. The number of imidazole rings is 1. The zero-order valence-electron chi connectivity index (χ0n) is 10.5. The molecule has 0 spiro atoms. The zero-order chi connectivity index (χ0) is 14.1. The molecular formula is C11H14BrN5O3. The van der Waals surface area contributed by atoms with Crippen LogP contribution in [0, 0.1) is 0 Å². The van der Waals surface area contributed by atoms with Crippen molar-refractivity contribution in [3.63, 3.8) is 0 Å². The molecule has 108 valence electrons. The molecule has 0 aromatic carbocycles. The highest BCUT2D eigenvalue weighted by Crippen LogP contribution is 2.32. The Balaban J connectivity index is 1.90. The molecule has 2 aromatic rings. The molecule has 3 heterocycles. The van der Waals surface area contributed by atoms with Gasteiger partial charge in [-0.05, 0) is 0 Å². The minimum Gasteiger partial charge on any atom is -0.394 e. The maximum absolute atomic E-state index is 9.34. The molecule has 3 rings (SSSR count). The van der Waals surface area contributed by atoms with Crippen LogP contribution in [0.2, 0.25) is 0 Å². The number of nitrogen functional groups attached to an aromatic ring is 1. The zero-order valence-corrected chi connectivity index (χ0v) is 12.1. The van der Waals surface area contributed by atoms with Crippen molar-refractivity contribution in [3.05, 3.63) is 12.7 Å². The third-order valence-corrected chi connectivity index (χ3v) is 3.60. The predicted molar refractivity (Wildman–Crippen MR) is 74.0 cm³/mol. The van der Waals surface area contributed by atoms with Gasteiger partial charge in [0.15, 0.2) is 11.5 Å². The lowest BCUT2D eigenvalue weighted by molar-refractivity contribution is -0.0528. The second kappa shape index (κ2) is 5.60. The highest BCUT2D eigenvalue weighted by molar-refractivity contribution is 9.09. The van der Waals surface area contributed by atoms with E-state index >= 15 is 0 Å². The van der Waals surface area contributed by atoms with E-state index in [-0.39, 0.29) is 25.0 Å². The summed E-state index contributed by atoms with van der Waals surface area (Å²) in [6.07, 6.45) is 2.77. The molecule has 0 unspecified atom stereocenters. The fourth-order valence-electron chi connectivity index (χ4n) is 2.37. The standard InChI is InChI=1S/C11H14BrN5O3/c12-3-19-6-1-8(20-7(6)2-18)17-5-16-9-10(13)14-4-15-11(9)17/h4-8,18H,1-3H2,(H2,13,14,15)/t6-,7+,8+/m0/s1. The maximum Gasteiger partial charge on any atom is 0.167 e. The summed E-state index contributed by atoms with van der Waals surface area (Å²) in [5, 5.41) is 9.34. The Bertz CT molecular complexity index is 607. The molecule has 0 aliphatic carbocycles. The van der Waals surface area contributed by atoms with Gasteiger partial charge in [0.05, 0.1) is 19.0 Å². The summed E-state index contributed by atoms with van der Waals surface area (Å²) in [7, 11) is 0. The van der Waals surface area contributed by atoms with Gasteiger partial charge in [-0.3, -0.25) is 4.57 Å². The van der Waals surface area contributed by atoms with Crippen LogP contribution in [-0.4, -0.2) is 49.0 Å². The van der Waals surface area contributed by atoms with Crippen LogP contribution < -0.4 is 5.73 Å². The van der Waals surface area contributed by atoms with Gasteiger partial charge in [-0.15, -0.1) is 0 Å². The third kappa shape index (κ3) is 2.26. The Morgan fingerprint density at radius 1 is 1.50 bits per heavy atom. The van der Waals surface area contributed by atoms with E-state index in [4.69, 9.17) is 15.2 Å². The van der Waals surface area contributed by atoms with Gasteiger partial charge < -0.3 is 20.3 Å². The molecule has 9 heteroatoms. The van der Waals surface area contributed by atoms with E-state index in [2.05, 4.69) is 30.9 Å². The number of nitrogens with two attached hydrogens (primary N) is 1. The van der Waals surface area contributed by atoms with E-state index in [0.717, 1.165) is 0 Å². The summed E-state index contributed by atoms with van der Waals surface area (Å²) < 4.78 is 13.1. The van der Waals surface area contributed by atoms with Crippen molar-refractivity contribution in [2.45, 2.75) is 24.9 Å². The lowest BCUT2D eigenvalue weighted by Gasteiger charge is -2.14. The number of aliphatic hydroxyl groups excluding tert-OH is 1. The number of aliphatic hydroxyl groups is 1.